The van der Waals surface area contributed by atoms with Crippen molar-refractivity contribution in [3.63, 3.8) is 0 Å². The molecule has 26 heavy (non-hydrogen) atoms. The molecule has 3 rings (SSSR count). The minimum Gasteiger partial charge on any atom is -0.360 e. The molecule has 4 unspecified atom stereocenters. The largest absolute Gasteiger partial charge is 0.360 e. The number of anilines is 1. The number of hydrogen-bond acceptors (Lipinski definition) is 5. The number of amides is 2. The smallest absolute Gasteiger partial charge is 0.238 e. The average molecular weight is 380 g/mol. The van der Waals surface area contributed by atoms with Gasteiger partial charge in [0.2, 0.25) is 11.8 Å². The summed E-state index contributed by atoms with van der Waals surface area (Å²) in [5.41, 5.74) is 0.451. The van der Waals surface area contributed by atoms with Gasteiger partial charge in [-0.15, -0.1) is 11.8 Å². The number of carbonyl (C=O) groups excluding carboxylic acids is 2. The van der Waals surface area contributed by atoms with E-state index >= 15 is 0 Å². The lowest BCUT2D eigenvalue weighted by atomic mass is 9.69. The predicted molar refractivity (Wildman–Crippen MR) is 103 cm³/mol. The summed E-state index contributed by atoms with van der Waals surface area (Å²) in [6.45, 7) is 10.5. The Bertz CT molecular complexity index is 702. The zero-order chi connectivity index (χ0) is 19.1. The summed E-state index contributed by atoms with van der Waals surface area (Å²) in [7, 11) is 0. The zero-order valence-corrected chi connectivity index (χ0v) is 17.0. The van der Waals surface area contributed by atoms with Gasteiger partial charge in [0.25, 0.3) is 0 Å². The third kappa shape index (κ3) is 3.38. The monoisotopic (exact) mass is 379 g/mol. The van der Waals surface area contributed by atoms with Gasteiger partial charge in [-0.1, -0.05) is 25.9 Å². The number of aryl methyl sites for hydroxylation is 1. The molecule has 2 N–H and O–H groups in total. The van der Waals surface area contributed by atoms with Gasteiger partial charge in [0.1, 0.15) is 5.76 Å². The predicted octanol–water partition coefficient (Wildman–Crippen LogP) is 3.37. The van der Waals surface area contributed by atoms with Crippen molar-refractivity contribution in [3.05, 3.63) is 11.8 Å². The summed E-state index contributed by atoms with van der Waals surface area (Å²) in [5.74, 6) is 1.86. The summed E-state index contributed by atoms with van der Waals surface area (Å²) in [5, 5.41) is 9.34. The molecular weight excluding hydrogens is 350 g/mol. The van der Waals surface area contributed by atoms with Gasteiger partial charge in [-0.05, 0) is 49.9 Å². The van der Waals surface area contributed by atoms with Crippen LogP contribution in [0.4, 0.5) is 5.82 Å². The van der Waals surface area contributed by atoms with Crippen LogP contribution in [-0.4, -0.2) is 34.0 Å². The molecule has 144 valence electrons. The van der Waals surface area contributed by atoms with Crippen molar-refractivity contribution in [2.45, 2.75) is 65.2 Å². The first-order valence-electron chi connectivity index (χ1n) is 9.28. The van der Waals surface area contributed by atoms with Gasteiger partial charge in [0.15, 0.2) is 5.82 Å². The molecule has 0 spiro atoms. The molecule has 1 aromatic heterocycles. The molecule has 4 atom stereocenters. The molecule has 7 heteroatoms. The highest BCUT2D eigenvalue weighted by Crippen LogP contribution is 2.65. The van der Waals surface area contributed by atoms with Crippen LogP contribution in [0.5, 0.6) is 0 Å². The lowest BCUT2D eigenvalue weighted by Crippen LogP contribution is -2.47. The summed E-state index contributed by atoms with van der Waals surface area (Å²) in [4.78, 5) is 24.6. The van der Waals surface area contributed by atoms with Crippen LogP contribution in [0.1, 0.15) is 52.7 Å². The summed E-state index contributed by atoms with van der Waals surface area (Å²) in [6.07, 6.45) is 3.52. The van der Waals surface area contributed by atoms with E-state index in [1.54, 1.807) is 19.9 Å². The van der Waals surface area contributed by atoms with E-state index in [4.69, 9.17) is 4.52 Å². The Morgan fingerprint density at radius 1 is 1.42 bits per heavy atom. The van der Waals surface area contributed by atoms with E-state index in [0.29, 0.717) is 17.5 Å². The highest BCUT2D eigenvalue weighted by molar-refractivity contribution is 8.01. The Labute approximate surface area is 159 Å². The Morgan fingerprint density at radius 2 is 2.15 bits per heavy atom. The normalized spacial score (nSPS) is 30.2. The van der Waals surface area contributed by atoms with Crippen LogP contribution in [0.3, 0.4) is 0 Å². The maximum atomic E-state index is 12.4. The van der Waals surface area contributed by atoms with Gasteiger partial charge in [-0.25, -0.2) is 0 Å². The van der Waals surface area contributed by atoms with Gasteiger partial charge >= 0.3 is 0 Å². The second-order valence-corrected chi connectivity index (χ2v) is 9.82. The van der Waals surface area contributed by atoms with Gasteiger partial charge in [-0.3, -0.25) is 9.59 Å². The van der Waals surface area contributed by atoms with E-state index in [9.17, 15) is 9.59 Å². The molecule has 1 aromatic rings. The van der Waals surface area contributed by atoms with E-state index in [0.717, 1.165) is 6.42 Å². The maximum Gasteiger partial charge on any atom is 0.238 e. The Morgan fingerprint density at radius 3 is 2.69 bits per heavy atom. The van der Waals surface area contributed by atoms with E-state index in [1.807, 2.05) is 0 Å². The highest BCUT2D eigenvalue weighted by atomic mass is 32.2. The minimum atomic E-state index is -0.343. The number of aromatic nitrogens is 1. The van der Waals surface area contributed by atoms with Gasteiger partial charge in [0.05, 0.1) is 11.0 Å². The second kappa shape index (κ2) is 6.91. The lowest BCUT2D eigenvalue weighted by molar-refractivity contribution is -0.120. The van der Waals surface area contributed by atoms with Crippen molar-refractivity contribution in [1.29, 1.82) is 0 Å². The molecule has 2 bridgehead atoms. The number of rotatable bonds is 6. The third-order valence-electron chi connectivity index (χ3n) is 6.84. The molecule has 6 nitrogen and oxygen atoms in total. The highest BCUT2D eigenvalue weighted by Gasteiger charge is 2.61. The van der Waals surface area contributed by atoms with Crippen LogP contribution in [-0.2, 0) is 9.59 Å². The van der Waals surface area contributed by atoms with Crippen molar-refractivity contribution < 1.29 is 14.1 Å². The first kappa shape index (κ1) is 19.3. The Hall–Kier alpha value is -1.50. The number of fused-ring (bicyclic) bond motifs is 2. The SMILES string of the molecule is Cc1cc(NC(=O)C(C)SCC(=O)NC2CC3CCC2(C)C3(C)C)no1. The standard InChI is InChI=1S/C19H29N3O3S/c1-11-8-15(22-25-11)21-17(24)12(2)26-10-16(23)20-14-9-13-6-7-19(14,5)18(13,3)4/h8,12-14H,6-7,9-10H2,1-5H3,(H,20,23)(H,21,22,24). The molecule has 0 aromatic carbocycles. The zero-order valence-electron chi connectivity index (χ0n) is 16.2. The number of hydrogen-bond donors (Lipinski definition) is 2. The maximum absolute atomic E-state index is 12.4. The van der Waals surface area contributed by atoms with Crippen molar-refractivity contribution in [2.75, 3.05) is 11.1 Å². The summed E-state index contributed by atoms with van der Waals surface area (Å²) < 4.78 is 4.93. The lowest BCUT2D eigenvalue weighted by Gasteiger charge is -2.39. The molecule has 2 amide bonds. The van der Waals surface area contributed by atoms with E-state index in [-0.39, 0.29) is 39.7 Å². The quantitative estimate of drug-likeness (QED) is 0.792. The van der Waals surface area contributed by atoms with Gasteiger partial charge in [-0.2, -0.15) is 0 Å². The first-order chi connectivity index (χ1) is 12.1. The number of nitrogens with zero attached hydrogens (tertiary/aromatic N) is 1. The number of nitrogens with one attached hydrogen (secondary N) is 2. The molecule has 1 heterocycles. The first-order valence-corrected chi connectivity index (χ1v) is 10.3. The fourth-order valence-corrected chi connectivity index (χ4v) is 5.28. The fraction of sp³-hybridized carbons (Fsp3) is 0.737. The van der Waals surface area contributed by atoms with Crippen molar-refractivity contribution in [2.24, 2.45) is 16.7 Å². The van der Waals surface area contributed by atoms with E-state index < -0.39 is 0 Å². The van der Waals surface area contributed by atoms with Gasteiger partial charge < -0.3 is 15.2 Å². The molecule has 2 saturated carbocycles. The van der Waals surface area contributed by atoms with Crippen LogP contribution in [0.2, 0.25) is 0 Å². The fourth-order valence-electron chi connectivity index (χ4n) is 4.59. The molecular formula is C19H29N3O3S. The summed E-state index contributed by atoms with van der Waals surface area (Å²) >= 11 is 1.34. The minimum absolute atomic E-state index is 0.0153. The Kier molecular flexibility index (Phi) is 5.12. The van der Waals surface area contributed by atoms with Crippen LogP contribution in [0.15, 0.2) is 10.6 Å². The van der Waals surface area contributed by atoms with Crippen molar-refractivity contribution in [1.82, 2.24) is 10.5 Å². The van der Waals surface area contributed by atoms with Crippen molar-refractivity contribution >= 4 is 29.4 Å². The summed E-state index contributed by atoms with van der Waals surface area (Å²) in [6, 6.07) is 1.91. The van der Waals surface area contributed by atoms with Gasteiger partial charge in [0, 0.05) is 12.1 Å². The van der Waals surface area contributed by atoms with Crippen LogP contribution >= 0.6 is 11.8 Å². The van der Waals surface area contributed by atoms with Crippen LogP contribution in [0.25, 0.3) is 0 Å². The molecule has 0 aliphatic heterocycles. The molecule has 2 aliphatic rings. The van der Waals surface area contributed by atoms with Crippen LogP contribution in [0, 0.1) is 23.7 Å². The molecule has 2 fully saturated rings. The third-order valence-corrected chi connectivity index (χ3v) is 7.99. The van der Waals surface area contributed by atoms with E-state index in [1.165, 1.54) is 24.6 Å². The molecule has 2 aliphatic carbocycles. The molecule has 0 saturated heterocycles. The number of carbonyl (C=O) groups is 2. The number of thioether (sulfide) groups is 1. The second-order valence-electron chi connectivity index (χ2n) is 8.50. The van der Waals surface area contributed by atoms with E-state index in [2.05, 4.69) is 36.6 Å². The Balaban J connectivity index is 1.46. The molecule has 0 radical (unpaired) electrons. The van der Waals surface area contributed by atoms with Crippen molar-refractivity contribution in [3.8, 4) is 0 Å². The average Bonchev–Trinajstić information content (AvgIpc) is 3.13. The van der Waals surface area contributed by atoms with Crippen LogP contribution < -0.4 is 10.6 Å². The topological polar surface area (TPSA) is 84.2 Å².